The van der Waals surface area contributed by atoms with Crippen molar-refractivity contribution in [3.05, 3.63) is 18.5 Å². The average molecular weight is 127 g/mol. The van der Waals surface area contributed by atoms with Gasteiger partial charge < -0.3 is 4.52 Å². The number of rotatable bonds is 0. The van der Waals surface area contributed by atoms with Crippen molar-refractivity contribution in [1.82, 2.24) is 5.16 Å². The van der Waals surface area contributed by atoms with E-state index in [2.05, 4.69) is 30.5 Å². The standard InChI is InChI=1S/C4H10.C3H3NO/c1-4(2)3;1-2-4-5-3-1/h4H,1-3H3;1-3H. The van der Waals surface area contributed by atoms with Gasteiger partial charge in [-0.15, -0.1) is 0 Å². The molecule has 1 aromatic heterocycles. The van der Waals surface area contributed by atoms with Crippen LogP contribution in [-0.2, 0) is 0 Å². The van der Waals surface area contributed by atoms with Gasteiger partial charge >= 0.3 is 0 Å². The quantitative estimate of drug-likeness (QED) is 0.534. The third-order valence-electron chi connectivity index (χ3n) is 0.347. The molecule has 0 spiro atoms. The molecule has 0 unspecified atom stereocenters. The Morgan fingerprint density at radius 1 is 1.33 bits per heavy atom. The zero-order valence-corrected chi connectivity index (χ0v) is 6.16. The molecule has 0 amide bonds. The van der Waals surface area contributed by atoms with Crippen molar-refractivity contribution < 1.29 is 4.52 Å². The van der Waals surface area contributed by atoms with Gasteiger partial charge in [0, 0.05) is 0 Å². The highest BCUT2D eigenvalue weighted by atomic mass is 16.5. The van der Waals surface area contributed by atoms with Gasteiger partial charge in [0.25, 0.3) is 0 Å². The Kier molecular flexibility index (Phi) is 4.88. The van der Waals surface area contributed by atoms with Gasteiger partial charge in [0.05, 0.1) is 6.20 Å². The first-order valence-electron chi connectivity index (χ1n) is 3.08. The molecule has 0 saturated heterocycles. The lowest BCUT2D eigenvalue weighted by atomic mass is 10.3. The van der Waals surface area contributed by atoms with Crippen LogP contribution >= 0.6 is 0 Å². The normalized spacial score (nSPS) is 8.44. The highest BCUT2D eigenvalue weighted by molar-refractivity contribution is 4.67. The van der Waals surface area contributed by atoms with Crippen LogP contribution in [0.1, 0.15) is 20.8 Å². The topological polar surface area (TPSA) is 26.0 Å². The fourth-order valence-electron chi connectivity index (χ4n) is 0.176. The maximum atomic E-state index is 4.33. The van der Waals surface area contributed by atoms with Crippen LogP contribution < -0.4 is 0 Å². The molecule has 1 aromatic rings. The minimum Gasteiger partial charge on any atom is -0.365 e. The van der Waals surface area contributed by atoms with E-state index in [-0.39, 0.29) is 0 Å². The fraction of sp³-hybridized carbons (Fsp3) is 0.571. The summed E-state index contributed by atoms with van der Waals surface area (Å²) < 4.78 is 4.33. The lowest BCUT2D eigenvalue weighted by Gasteiger charge is -1.79. The summed E-state index contributed by atoms with van der Waals surface area (Å²) in [4.78, 5) is 0. The van der Waals surface area contributed by atoms with Gasteiger partial charge in [0.2, 0.25) is 0 Å². The van der Waals surface area contributed by atoms with Gasteiger partial charge in [-0.3, -0.25) is 0 Å². The molecule has 0 saturated carbocycles. The largest absolute Gasteiger partial charge is 0.365 e. The van der Waals surface area contributed by atoms with Gasteiger partial charge in [0.15, 0.2) is 0 Å². The van der Waals surface area contributed by atoms with E-state index in [4.69, 9.17) is 0 Å². The van der Waals surface area contributed by atoms with E-state index >= 15 is 0 Å². The first-order valence-corrected chi connectivity index (χ1v) is 3.08. The summed E-state index contributed by atoms with van der Waals surface area (Å²) in [6, 6.07) is 1.72. The van der Waals surface area contributed by atoms with E-state index in [9.17, 15) is 0 Å². The highest BCUT2D eigenvalue weighted by Crippen LogP contribution is 1.81. The molecule has 9 heavy (non-hydrogen) atoms. The smallest absolute Gasteiger partial charge is 0.123 e. The summed E-state index contributed by atoms with van der Waals surface area (Å²) >= 11 is 0. The van der Waals surface area contributed by atoms with Crippen molar-refractivity contribution in [2.45, 2.75) is 20.8 Å². The SMILES string of the molecule is CC(C)C.c1cnoc1. The summed E-state index contributed by atoms with van der Waals surface area (Å²) in [6.45, 7) is 6.50. The van der Waals surface area contributed by atoms with Crippen LogP contribution in [0.15, 0.2) is 23.0 Å². The monoisotopic (exact) mass is 127 g/mol. The van der Waals surface area contributed by atoms with Crippen molar-refractivity contribution in [3.63, 3.8) is 0 Å². The molecule has 1 heterocycles. The molecule has 0 aliphatic rings. The molecule has 2 nitrogen and oxygen atoms in total. The molecule has 0 atom stereocenters. The molecule has 52 valence electrons. The van der Waals surface area contributed by atoms with Crippen molar-refractivity contribution in [2.24, 2.45) is 5.92 Å². The van der Waals surface area contributed by atoms with E-state index in [0.717, 1.165) is 5.92 Å². The van der Waals surface area contributed by atoms with E-state index < -0.39 is 0 Å². The van der Waals surface area contributed by atoms with Crippen LogP contribution in [-0.4, -0.2) is 5.16 Å². The zero-order valence-electron chi connectivity index (χ0n) is 6.16. The Morgan fingerprint density at radius 3 is 2.00 bits per heavy atom. The second kappa shape index (κ2) is 5.35. The molecular formula is C7H13NO. The van der Waals surface area contributed by atoms with E-state index in [1.165, 1.54) is 6.26 Å². The maximum absolute atomic E-state index is 4.33. The summed E-state index contributed by atoms with van der Waals surface area (Å²) in [5.74, 6) is 0.833. The zero-order chi connectivity index (χ0) is 7.11. The van der Waals surface area contributed by atoms with Crippen molar-refractivity contribution >= 4 is 0 Å². The van der Waals surface area contributed by atoms with E-state index in [1.54, 1.807) is 12.3 Å². The first kappa shape index (κ1) is 8.21. The van der Waals surface area contributed by atoms with Crippen LogP contribution in [0.5, 0.6) is 0 Å². The fourth-order valence-corrected chi connectivity index (χ4v) is 0.176. The summed E-state index contributed by atoms with van der Waals surface area (Å²) in [5.41, 5.74) is 0. The lowest BCUT2D eigenvalue weighted by molar-refractivity contribution is 0.420. The summed E-state index contributed by atoms with van der Waals surface area (Å²) in [7, 11) is 0. The Balaban J connectivity index is 0.000000148. The van der Waals surface area contributed by atoms with Gasteiger partial charge in [-0.1, -0.05) is 25.9 Å². The first-order chi connectivity index (χ1) is 4.23. The van der Waals surface area contributed by atoms with E-state index in [0.29, 0.717) is 0 Å². The Morgan fingerprint density at radius 2 is 1.89 bits per heavy atom. The van der Waals surface area contributed by atoms with Crippen LogP contribution in [0, 0.1) is 5.92 Å². The third-order valence-corrected chi connectivity index (χ3v) is 0.347. The van der Waals surface area contributed by atoms with Crippen LogP contribution in [0.25, 0.3) is 0 Å². The molecule has 0 aromatic carbocycles. The van der Waals surface area contributed by atoms with Crippen molar-refractivity contribution in [1.29, 1.82) is 0 Å². The highest BCUT2D eigenvalue weighted by Gasteiger charge is 1.68. The summed E-state index contributed by atoms with van der Waals surface area (Å²) in [5, 5.41) is 3.35. The molecule has 0 fully saturated rings. The second-order valence-electron chi connectivity index (χ2n) is 2.42. The Hall–Kier alpha value is -0.790. The number of aromatic nitrogens is 1. The molecule has 0 aliphatic carbocycles. The Bertz CT molecular complexity index is 92.5. The maximum Gasteiger partial charge on any atom is 0.123 e. The Labute approximate surface area is 55.9 Å². The molecule has 0 N–H and O–H groups in total. The predicted molar refractivity (Wildman–Crippen MR) is 37.0 cm³/mol. The molecular weight excluding hydrogens is 114 g/mol. The van der Waals surface area contributed by atoms with Crippen LogP contribution in [0.3, 0.4) is 0 Å². The second-order valence-corrected chi connectivity index (χ2v) is 2.42. The molecule has 1 rings (SSSR count). The van der Waals surface area contributed by atoms with Crippen molar-refractivity contribution in [2.75, 3.05) is 0 Å². The van der Waals surface area contributed by atoms with Gasteiger partial charge in [-0.05, 0) is 12.0 Å². The van der Waals surface area contributed by atoms with Gasteiger partial charge in [-0.2, -0.15) is 0 Å². The minimum absolute atomic E-state index is 0.833. The number of hydrogen-bond acceptors (Lipinski definition) is 2. The lowest BCUT2D eigenvalue weighted by Crippen LogP contribution is -1.66. The van der Waals surface area contributed by atoms with Crippen LogP contribution in [0.4, 0.5) is 0 Å². The number of nitrogens with zero attached hydrogens (tertiary/aromatic N) is 1. The summed E-state index contributed by atoms with van der Waals surface area (Å²) in [6.07, 6.45) is 3.10. The van der Waals surface area contributed by atoms with Gasteiger partial charge in [-0.25, -0.2) is 0 Å². The van der Waals surface area contributed by atoms with Gasteiger partial charge in [0.1, 0.15) is 6.26 Å². The van der Waals surface area contributed by atoms with E-state index in [1.807, 2.05) is 0 Å². The minimum atomic E-state index is 0.833. The average Bonchev–Trinajstić information content (AvgIpc) is 2.11. The molecule has 0 bridgehead atoms. The number of hydrogen-bond donors (Lipinski definition) is 0. The van der Waals surface area contributed by atoms with Crippen molar-refractivity contribution in [3.8, 4) is 0 Å². The molecule has 0 radical (unpaired) electrons. The molecule has 2 heteroatoms. The van der Waals surface area contributed by atoms with Crippen LogP contribution in [0.2, 0.25) is 0 Å². The predicted octanol–water partition coefficient (Wildman–Crippen LogP) is 2.34. The molecule has 0 aliphatic heterocycles. The third kappa shape index (κ3) is 11.0.